The van der Waals surface area contributed by atoms with E-state index in [9.17, 15) is 13.2 Å². The highest BCUT2D eigenvalue weighted by Crippen LogP contribution is 2.24. The number of nitrogens with zero attached hydrogens (tertiary/aromatic N) is 1. The fourth-order valence-corrected chi connectivity index (χ4v) is 2.88. The third-order valence-corrected chi connectivity index (χ3v) is 4.51. The summed E-state index contributed by atoms with van der Waals surface area (Å²) in [4.78, 5) is 11.9. The van der Waals surface area contributed by atoms with Crippen LogP contribution in [-0.4, -0.2) is 33.7 Å². The molecule has 0 spiro atoms. The van der Waals surface area contributed by atoms with Crippen molar-refractivity contribution in [1.82, 2.24) is 5.32 Å². The van der Waals surface area contributed by atoms with E-state index in [-0.39, 0.29) is 12.5 Å². The number of carbonyl (C=O) groups is 1. The average Bonchev–Trinajstić information content (AvgIpc) is 2.39. The minimum atomic E-state index is -3.51. The van der Waals surface area contributed by atoms with Crippen molar-refractivity contribution in [3.63, 3.8) is 0 Å². The maximum atomic E-state index is 12.0. The number of rotatable bonds is 7. The van der Waals surface area contributed by atoms with Crippen molar-refractivity contribution in [2.24, 2.45) is 0 Å². The van der Waals surface area contributed by atoms with Gasteiger partial charge in [0, 0.05) is 6.54 Å². The lowest BCUT2D eigenvalue weighted by Gasteiger charge is -2.24. The van der Waals surface area contributed by atoms with Gasteiger partial charge in [0.05, 0.1) is 11.9 Å². The molecule has 1 rings (SSSR count). The Kier molecular flexibility index (Phi) is 6.20. The molecule has 0 aliphatic carbocycles. The number of sulfonamides is 1. The molecule has 0 saturated heterocycles. The zero-order valence-electron chi connectivity index (χ0n) is 13.1. The van der Waals surface area contributed by atoms with E-state index in [0.29, 0.717) is 12.2 Å². The molecule has 0 fully saturated rings. The first kappa shape index (κ1) is 17.5. The summed E-state index contributed by atoms with van der Waals surface area (Å²) in [5.41, 5.74) is 2.42. The van der Waals surface area contributed by atoms with Crippen LogP contribution >= 0.6 is 0 Å². The van der Waals surface area contributed by atoms with Crippen LogP contribution in [0.1, 0.15) is 30.9 Å². The number of nitrogens with one attached hydrogen (secondary N) is 1. The van der Waals surface area contributed by atoms with Crippen molar-refractivity contribution in [1.29, 1.82) is 0 Å². The summed E-state index contributed by atoms with van der Waals surface area (Å²) in [6.07, 6.45) is 2.98. The molecule has 0 aliphatic heterocycles. The van der Waals surface area contributed by atoms with E-state index in [1.807, 2.05) is 26.8 Å². The van der Waals surface area contributed by atoms with Gasteiger partial charge < -0.3 is 5.32 Å². The molecule has 0 aliphatic rings. The van der Waals surface area contributed by atoms with Crippen molar-refractivity contribution < 1.29 is 13.2 Å². The number of anilines is 1. The van der Waals surface area contributed by atoms with Crippen molar-refractivity contribution in [2.45, 2.75) is 33.6 Å². The third-order valence-electron chi connectivity index (χ3n) is 3.38. The molecule has 6 heteroatoms. The molecule has 0 atom stereocenters. The van der Waals surface area contributed by atoms with Gasteiger partial charge in [0.25, 0.3) is 0 Å². The number of hydrogen-bond acceptors (Lipinski definition) is 3. The lowest BCUT2D eigenvalue weighted by atomic mass is 10.1. The predicted octanol–water partition coefficient (Wildman–Crippen LogP) is 1.99. The predicted molar refractivity (Wildman–Crippen MR) is 86.0 cm³/mol. The van der Waals surface area contributed by atoms with Crippen LogP contribution in [0, 0.1) is 13.8 Å². The van der Waals surface area contributed by atoms with Gasteiger partial charge in [-0.25, -0.2) is 8.42 Å². The molecule has 21 heavy (non-hydrogen) atoms. The molecule has 0 radical (unpaired) electrons. The number of aryl methyl sites for hydroxylation is 1. The minimum Gasteiger partial charge on any atom is -0.355 e. The Morgan fingerprint density at radius 1 is 1.29 bits per heavy atom. The Labute approximate surface area is 127 Å². The smallest absolute Gasteiger partial charge is 0.240 e. The molecule has 1 amide bonds. The second kappa shape index (κ2) is 7.45. The fraction of sp³-hybridized carbons (Fsp3) is 0.533. The van der Waals surface area contributed by atoms with Crippen molar-refractivity contribution in [2.75, 3.05) is 23.7 Å². The zero-order chi connectivity index (χ0) is 16.0. The number of amides is 1. The lowest BCUT2D eigenvalue weighted by Crippen LogP contribution is -2.41. The van der Waals surface area contributed by atoms with Gasteiger partial charge in [-0.2, -0.15) is 0 Å². The maximum Gasteiger partial charge on any atom is 0.240 e. The van der Waals surface area contributed by atoms with E-state index < -0.39 is 10.0 Å². The first-order valence-electron chi connectivity index (χ1n) is 7.08. The molecule has 0 heterocycles. The highest BCUT2D eigenvalue weighted by atomic mass is 32.2. The SMILES string of the molecule is CCCCNC(=O)CN(c1cccc(C)c1C)S(C)(=O)=O. The minimum absolute atomic E-state index is 0.188. The summed E-state index contributed by atoms with van der Waals surface area (Å²) < 4.78 is 25.2. The van der Waals surface area contributed by atoms with E-state index in [1.54, 1.807) is 12.1 Å². The van der Waals surface area contributed by atoms with Crippen LogP contribution in [0.15, 0.2) is 18.2 Å². The van der Waals surface area contributed by atoms with Gasteiger partial charge in [-0.1, -0.05) is 25.5 Å². The molecule has 5 nitrogen and oxygen atoms in total. The Morgan fingerprint density at radius 2 is 1.95 bits per heavy atom. The Balaban J connectivity index is 2.98. The van der Waals surface area contributed by atoms with Gasteiger partial charge in [-0.3, -0.25) is 9.10 Å². The van der Waals surface area contributed by atoms with E-state index in [0.717, 1.165) is 34.5 Å². The Morgan fingerprint density at radius 3 is 2.52 bits per heavy atom. The monoisotopic (exact) mass is 312 g/mol. The first-order valence-corrected chi connectivity index (χ1v) is 8.92. The van der Waals surface area contributed by atoms with Crippen LogP contribution in [-0.2, 0) is 14.8 Å². The summed E-state index contributed by atoms with van der Waals surface area (Å²) in [5, 5.41) is 2.74. The molecule has 0 unspecified atom stereocenters. The molecule has 1 N–H and O–H groups in total. The highest BCUT2D eigenvalue weighted by Gasteiger charge is 2.22. The number of benzene rings is 1. The van der Waals surface area contributed by atoms with Gasteiger partial charge in [-0.15, -0.1) is 0 Å². The van der Waals surface area contributed by atoms with Gasteiger partial charge in [0.15, 0.2) is 0 Å². The largest absolute Gasteiger partial charge is 0.355 e. The highest BCUT2D eigenvalue weighted by molar-refractivity contribution is 7.92. The summed E-state index contributed by atoms with van der Waals surface area (Å²) >= 11 is 0. The zero-order valence-corrected chi connectivity index (χ0v) is 14.0. The summed E-state index contributed by atoms with van der Waals surface area (Å²) in [5.74, 6) is -0.283. The van der Waals surface area contributed by atoms with Crippen LogP contribution in [0.4, 0.5) is 5.69 Å². The molecular formula is C15H24N2O3S. The number of carbonyl (C=O) groups excluding carboxylic acids is 1. The Hall–Kier alpha value is -1.56. The molecule has 0 saturated carbocycles. The average molecular weight is 312 g/mol. The van der Waals surface area contributed by atoms with Crippen molar-refractivity contribution in [3.8, 4) is 0 Å². The van der Waals surface area contributed by atoms with E-state index in [4.69, 9.17) is 0 Å². The second-order valence-electron chi connectivity index (χ2n) is 5.19. The lowest BCUT2D eigenvalue weighted by molar-refractivity contribution is -0.119. The molecule has 118 valence electrons. The first-order chi connectivity index (χ1) is 9.77. The van der Waals surface area contributed by atoms with Crippen molar-refractivity contribution in [3.05, 3.63) is 29.3 Å². The molecule has 1 aromatic carbocycles. The van der Waals surface area contributed by atoms with Gasteiger partial charge >= 0.3 is 0 Å². The van der Waals surface area contributed by atoms with E-state index in [1.165, 1.54) is 0 Å². The molecular weight excluding hydrogens is 288 g/mol. The fourth-order valence-electron chi connectivity index (χ4n) is 1.98. The summed E-state index contributed by atoms with van der Waals surface area (Å²) in [6, 6.07) is 5.44. The van der Waals surface area contributed by atoms with Crippen molar-refractivity contribution >= 4 is 21.6 Å². The van der Waals surface area contributed by atoms with Crippen LogP contribution in [0.3, 0.4) is 0 Å². The van der Waals surface area contributed by atoms with Crippen LogP contribution in [0.2, 0.25) is 0 Å². The number of unbranched alkanes of at least 4 members (excludes halogenated alkanes) is 1. The molecule has 0 aromatic heterocycles. The second-order valence-corrected chi connectivity index (χ2v) is 7.10. The quantitative estimate of drug-likeness (QED) is 0.783. The topological polar surface area (TPSA) is 66.5 Å². The molecule has 1 aromatic rings. The normalized spacial score (nSPS) is 11.2. The molecule has 0 bridgehead atoms. The summed E-state index contributed by atoms with van der Waals surface area (Å²) in [7, 11) is -3.51. The van der Waals surface area contributed by atoms with Gasteiger partial charge in [-0.05, 0) is 37.5 Å². The number of hydrogen-bond donors (Lipinski definition) is 1. The van der Waals surface area contributed by atoms with E-state index >= 15 is 0 Å². The van der Waals surface area contributed by atoms with Gasteiger partial charge in [0.2, 0.25) is 15.9 Å². The van der Waals surface area contributed by atoms with Crippen LogP contribution < -0.4 is 9.62 Å². The third kappa shape index (κ3) is 5.04. The van der Waals surface area contributed by atoms with E-state index in [2.05, 4.69) is 5.32 Å². The summed E-state index contributed by atoms with van der Waals surface area (Å²) in [6.45, 7) is 6.19. The standard InChI is InChI=1S/C15H24N2O3S/c1-5-6-10-16-15(18)11-17(21(4,19)20)14-9-7-8-12(2)13(14)3/h7-9H,5-6,10-11H2,1-4H3,(H,16,18). The van der Waals surface area contributed by atoms with Crippen LogP contribution in [0.25, 0.3) is 0 Å². The van der Waals surface area contributed by atoms with Crippen LogP contribution in [0.5, 0.6) is 0 Å². The Bertz CT molecular complexity index is 597. The maximum absolute atomic E-state index is 12.0. The van der Waals surface area contributed by atoms with Gasteiger partial charge in [0.1, 0.15) is 6.54 Å².